The summed E-state index contributed by atoms with van der Waals surface area (Å²) >= 11 is 6.39. The molecule has 0 radical (unpaired) electrons. The van der Waals surface area contributed by atoms with Crippen LogP contribution in [-0.4, -0.2) is 65.2 Å². The molecule has 0 bridgehead atoms. The average molecular weight is 542 g/mol. The van der Waals surface area contributed by atoms with Gasteiger partial charge in [0.15, 0.2) is 10.8 Å². The Morgan fingerprint density at radius 1 is 1.08 bits per heavy atom. The fraction of sp³-hybridized carbons (Fsp3) is 0.320. The molecular formula is C25H28ClN7O5. The molecule has 12 nitrogen and oxygen atoms in total. The van der Waals surface area contributed by atoms with Gasteiger partial charge in [0.2, 0.25) is 5.82 Å². The SMILES string of the molecule is CCCCc1nc(Cl)c(C(=O)OCCCON(O)O)n1Cc1ccc(-c2ccccc2-c2nn[nH]n2)cc1. The summed E-state index contributed by atoms with van der Waals surface area (Å²) in [6, 6.07) is 15.8. The number of nitrogens with zero attached hydrogens (tertiary/aromatic N) is 6. The lowest BCUT2D eigenvalue weighted by Gasteiger charge is -2.13. The van der Waals surface area contributed by atoms with Crippen LogP contribution in [0.2, 0.25) is 5.15 Å². The van der Waals surface area contributed by atoms with E-state index in [0.29, 0.717) is 24.6 Å². The van der Waals surface area contributed by atoms with Crippen LogP contribution in [0.3, 0.4) is 0 Å². The molecule has 2 heterocycles. The molecule has 13 heteroatoms. The van der Waals surface area contributed by atoms with E-state index in [1.807, 2.05) is 48.5 Å². The fourth-order valence-corrected chi connectivity index (χ4v) is 4.25. The number of H-pyrrole nitrogens is 1. The normalized spacial score (nSPS) is 11.3. The Bertz CT molecular complexity index is 1330. The van der Waals surface area contributed by atoms with E-state index in [-0.39, 0.29) is 35.9 Å². The van der Waals surface area contributed by atoms with Crippen molar-refractivity contribution in [3.8, 4) is 22.5 Å². The molecule has 0 unspecified atom stereocenters. The summed E-state index contributed by atoms with van der Waals surface area (Å²) in [5, 5.41) is 31.2. The predicted molar refractivity (Wildman–Crippen MR) is 136 cm³/mol. The molecule has 3 N–H and O–H groups in total. The fourth-order valence-electron chi connectivity index (χ4n) is 3.97. The van der Waals surface area contributed by atoms with E-state index in [0.717, 1.165) is 35.1 Å². The number of esters is 1. The highest BCUT2D eigenvalue weighted by atomic mass is 35.5. The summed E-state index contributed by atoms with van der Waals surface area (Å²) < 4.78 is 7.14. The van der Waals surface area contributed by atoms with Crippen LogP contribution in [0.5, 0.6) is 0 Å². The van der Waals surface area contributed by atoms with Gasteiger partial charge in [0.05, 0.1) is 18.6 Å². The van der Waals surface area contributed by atoms with Gasteiger partial charge in [-0.3, -0.25) is 15.3 Å². The van der Waals surface area contributed by atoms with Crippen molar-refractivity contribution in [2.24, 2.45) is 0 Å². The van der Waals surface area contributed by atoms with Gasteiger partial charge in [-0.15, -0.1) is 10.2 Å². The molecule has 4 rings (SSSR count). The molecule has 0 saturated carbocycles. The van der Waals surface area contributed by atoms with Crippen molar-refractivity contribution in [1.82, 2.24) is 35.6 Å². The smallest absolute Gasteiger partial charge is 0.358 e. The number of aromatic amines is 1. The van der Waals surface area contributed by atoms with Crippen LogP contribution in [-0.2, 0) is 22.5 Å². The number of imidazole rings is 1. The zero-order valence-corrected chi connectivity index (χ0v) is 21.5. The third-order valence-electron chi connectivity index (χ3n) is 5.80. The zero-order chi connectivity index (χ0) is 26.9. The molecule has 0 aliphatic rings. The minimum absolute atomic E-state index is 0.00690. The first kappa shape index (κ1) is 27.4. The third kappa shape index (κ3) is 6.79. The van der Waals surface area contributed by atoms with Gasteiger partial charge in [-0.25, -0.2) is 9.78 Å². The number of aryl methyl sites for hydroxylation is 1. The number of halogens is 1. The lowest BCUT2D eigenvalue weighted by molar-refractivity contribution is -0.492. The van der Waals surface area contributed by atoms with E-state index in [2.05, 4.69) is 37.4 Å². The average Bonchev–Trinajstić information content (AvgIpc) is 3.56. The quantitative estimate of drug-likeness (QED) is 0.127. The highest BCUT2D eigenvalue weighted by Gasteiger charge is 2.23. The minimum atomic E-state index is -0.610. The van der Waals surface area contributed by atoms with E-state index >= 15 is 0 Å². The van der Waals surface area contributed by atoms with Crippen molar-refractivity contribution in [2.75, 3.05) is 13.2 Å². The second kappa shape index (κ2) is 13.2. The summed E-state index contributed by atoms with van der Waals surface area (Å²) in [5.41, 5.74) is 3.93. The maximum Gasteiger partial charge on any atom is 0.358 e. The molecule has 0 atom stereocenters. The van der Waals surface area contributed by atoms with Crippen LogP contribution < -0.4 is 0 Å². The Morgan fingerprint density at radius 3 is 2.53 bits per heavy atom. The van der Waals surface area contributed by atoms with Crippen LogP contribution in [0.1, 0.15) is 48.1 Å². The summed E-state index contributed by atoms with van der Waals surface area (Å²) in [6.07, 6.45) is 2.77. The predicted octanol–water partition coefficient (Wildman–Crippen LogP) is 4.33. The van der Waals surface area contributed by atoms with Crippen LogP contribution in [0.15, 0.2) is 48.5 Å². The standard InChI is InChI=1S/C25H28ClN7O5/c1-2-3-9-21-27-23(26)22(25(34)37-14-6-15-38-33(35)36)32(21)16-17-10-12-18(13-11-17)19-7-4-5-8-20(19)24-28-30-31-29-24/h4-5,7-8,10-13,35-36H,2-3,6,9,14-16H2,1H3,(H,28,29,30,31). The number of carbonyl (C=O) groups excluding carboxylic acids is 1. The number of ether oxygens (including phenoxy) is 1. The maximum absolute atomic E-state index is 12.9. The van der Waals surface area contributed by atoms with Crippen molar-refractivity contribution in [3.05, 3.63) is 70.8 Å². The second-order valence-corrected chi connectivity index (χ2v) is 8.77. The van der Waals surface area contributed by atoms with Crippen molar-refractivity contribution in [2.45, 2.75) is 39.2 Å². The van der Waals surface area contributed by atoms with Crippen molar-refractivity contribution in [1.29, 1.82) is 0 Å². The van der Waals surface area contributed by atoms with Gasteiger partial charge < -0.3 is 9.30 Å². The Labute approximate surface area is 223 Å². The monoisotopic (exact) mass is 541 g/mol. The molecule has 0 saturated heterocycles. The van der Waals surface area contributed by atoms with Crippen LogP contribution in [0, 0.1) is 0 Å². The number of hydrogen-bond acceptors (Lipinski definition) is 10. The molecule has 0 aliphatic heterocycles. The van der Waals surface area contributed by atoms with Gasteiger partial charge in [0.1, 0.15) is 5.82 Å². The summed E-state index contributed by atoms with van der Waals surface area (Å²) in [7, 11) is 0. The van der Waals surface area contributed by atoms with Crippen LogP contribution in [0.4, 0.5) is 0 Å². The molecule has 0 spiro atoms. The lowest BCUT2D eigenvalue weighted by Crippen LogP contribution is -2.18. The topological polar surface area (TPSA) is 152 Å². The second-order valence-electron chi connectivity index (χ2n) is 8.41. The van der Waals surface area contributed by atoms with Gasteiger partial charge >= 0.3 is 5.97 Å². The first-order valence-corrected chi connectivity index (χ1v) is 12.5. The van der Waals surface area contributed by atoms with E-state index in [1.165, 1.54) is 0 Å². The number of tetrazole rings is 1. The molecule has 200 valence electrons. The number of aromatic nitrogens is 6. The molecule has 2 aromatic carbocycles. The molecule has 4 aromatic rings. The van der Waals surface area contributed by atoms with Crippen molar-refractivity contribution in [3.63, 3.8) is 0 Å². The van der Waals surface area contributed by atoms with Gasteiger partial charge in [0, 0.05) is 24.9 Å². The Kier molecular flexibility index (Phi) is 9.51. The van der Waals surface area contributed by atoms with Crippen LogP contribution >= 0.6 is 11.6 Å². The zero-order valence-electron chi connectivity index (χ0n) is 20.7. The summed E-state index contributed by atoms with van der Waals surface area (Å²) in [4.78, 5) is 21.8. The largest absolute Gasteiger partial charge is 0.461 e. The van der Waals surface area contributed by atoms with E-state index < -0.39 is 5.97 Å². The van der Waals surface area contributed by atoms with Gasteiger partial charge in [-0.1, -0.05) is 73.5 Å². The van der Waals surface area contributed by atoms with Gasteiger partial charge in [-0.05, 0) is 28.3 Å². The molecular weight excluding hydrogens is 514 g/mol. The number of benzene rings is 2. The Hall–Kier alpha value is -3.68. The summed E-state index contributed by atoms with van der Waals surface area (Å²) in [5.74, 6) is 0.605. The highest BCUT2D eigenvalue weighted by molar-refractivity contribution is 6.32. The molecule has 38 heavy (non-hydrogen) atoms. The van der Waals surface area contributed by atoms with Gasteiger partial charge in [0.25, 0.3) is 0 Å². The van der Waals surface area contributed by atoms with E-state index in [9.17, 15) is 4.79 Å². The first-order valence-electron chi connectivity index (χ1n) is 12.1. The Balaban J connectivity index is 1.54. The number of nitrogens with one attached hydrogen (secondary N) is 1. The van der Waals surface area contributed by atoms with E-state index in [4.69, 9.17) is 26.8 Å². The number of hydrogen-bond donors (Lipinski definition) is 3. The first-order chi connectivity index (χ1) is 18.5. The van der Waals surface area contributed by atoms with Crippen molar-refractivity contribution < 1.29 is 24.8 Å². The van der Waals surface area contributed by atoms with Crippen LogP contribution in [0.25, 0.3) is 22.5 Å². The highest BCUT2D eigenvalue weighted by Crippen LogP contribution is 2.30. The number of unbranched alkanes of at least 4 members (excludes halogenated alkanes) is 1. The minimum Gasteiger partial charge on any atom is -0.461 e. The molecule has 2 aromatic heterocycles. The lowest BCUT2D eigenvalue weighted by atomic mass is 9.98. The molecule has 0 fully saturated rings. The maximum atomic E-state index is 12.9. The molecule has 0 amide bonds. The molecule has 0 aliphatic carbocycles. The van der Waals surface area contributed by atoms with E-state index in [1.54, 1.807) is 4.57 Å². The number of rotatable bonds is 13. The van der Waals surface area contributed by atoms with Crippen molar-refractivity contribution >= 4 is 17.6 Å². The Morgan fingerprint density at radius 2 is 1.84 bits per heavy atom. The summed E-state index contributed by atoms with van der Waals surface area (Å²) in [6.45, 7) is 2.42. The third-order valence-corrected chi connectivity index (χ3v) is 6.06. The van der Waals surface area contributed by atoms with Gasteiger partial charge in [-0.2, -0.15) is 5.21 Å². The number of carbonyl (C=O) groups is 1.